The highest BCUT2D eigenvalue weighted by atomic mass is 15.1. The Hall–Kier alpha value is -0.970. The van der Waals surface area contributed by atoms with Crippen LogP contribution in [-0.2, 0) is 6.54 Å². The fraction of sp³-hybridized carbons (Fsp3) is 0.545. The summed E-state index contributed by atoms with van der Waals surface area (Å²) in [5.41, 5.74) is 12.1. The third kappa shape index (κ3) is 4.88. The maximum absolute atomic E-state index is 5.56. The fourth-order valence-corrected chi connectivity index (χ4v) is 1.49. The summed E-state index contributed by atoms with van der Waals surface area (Å²) in [5.74, 6) is 0. The molecular weight excluding hydrogens is 188 g/mol. The Morgan fingerprint density at radius 2 is 2.00 bits per heavy atom. The minimum absolute atomic E-state index is 0.678. The monoisotopic (exact) mass is 208 g/mol. The van der Waals surface area contributed by atoms with Gasteiger partial charge in [0.25, 0.3) is 0 Å². The van der Waals surface area contributed by atoms with Gasteiger partial charge in [-0.2, -0.15) is 0 Å². The van der Waals surface area contributed by atoms with Gasteiger partial charge in [0.1, 0.15) is 0 Å². The second-order valence-corrected chi connectivity index (χ2v) is 3.53. The van der Waals surface area contributed by atoms with Gasteiger partial charge in [-0.15, -0.1) is 0 Å². The van der Waals surface area contributed by atoms with Crippen molar-refractivity contribution in [2.75, 3.05) is 26.2 Å². The molecule has 4 N–H and O–H groups in total. The normalized spacial score (nSPS) is 10.9. The number of hydrogen-bond acceptors (Lipinski definition) is 4. The number of rotatable bonds is 7. The van der Waals surface area contributed by atoms with Crippen molar-refractivity contribution in [3.63, 3.8) is 0 Å². The predicted octanol–water partition coefficient (Wildman–Crippen LogP) is 0.191. The molecule has 0 aromatic carbocycles. The van der Waals surface area contributed by atoms with Crippen LogP contribution in [0.15, 0.2) is 24.4 Å². The zero-order valence-electron chi connectivity index (χ0n) is 9.10. The molecule has 0 saturated heterocycles. The van der Waals surface area contributed by atoms with E-state index in [4.69, 9.17) is 11.5 Å². The molecule has 4 heteroatoms. The van der Waals surface area contributed by atoms with Gasteiger partial charge in [-0.1, -0.05) is 6.07 Å². The van der Waals surface area contributed by atoms with Crippen molar-refractivity contribution >= 4 is 0 Å². The molecular formula is C11H20N4. The lowest BCUT2D eigenvalue weighted by Gasteiger charge is -2.20. The maximum atomic E-state index is 5.56. The van der Waals surface area contributed by atoms with E-state index in [0.717, 1.165) is 38.3 Å². The number of hydrogen-bond donors (Lipinski definition) is 2. The van der Waals surface area contributed by atoms with Gasteiger partial charge in [-0.3, -0.25) is 9.88 Å². The molecule has 1 aromatic rings. The first-order chi connectivity index (χ1) is 7.36. The second-order valence-electron chi connectivity index (χ2n) is 3.53. The Morgan fingerprint density at radius 3 is 2.60 bits per heavy atom. The second kappa shape index (κ2) is 7.34. The largest absolute Gasteiger partial charge is 0.330 e. The summed E-state index contributed by atoms with van der Waals surface area (Å²) in [6.07, 6.45) is 2.83. The van der Waals surface area contributed by atoms with Crippen LogP contribution in [0.5, 0.6) is 0 Å². The highest BCUT2D eigenvalue weighted by molar-refractivity contribution is 5.03. The van der Waals surface area contributed by atoms with E-state index in [0.29, 0.717) is 6.54 Å². The summed E-state index contributed by atoms with van der Waals surface area (Å²) in [4.78, 5) is 6.58. The molecule has 4 nitrogen and oxygen atoms in total. The molecule has 0 atom stereocenters. The summed E-state index contributed by atoms with van der Waals surface area (Å²) in [6, 6.07) is 5.97. The molecule has 0 spiro atoms. The lowest BCUT2D eigenvalue weighted by atomic mass is 10.3. The third-order valence-electron chi connectivity index (χ3n) is 2.24. The van der Waals surface area contributed by atoms with E-state index in [1.165, 1.54) is 0 Å². The number of nitrogens with two attached hydrogens (primary N) is 2. The van der Waals surface area contributed by atoms with Crippen LogP contribution in [-0.4, -0.2) is 36.1 Å². The molecule has 0 saturated carbocycles. The van der Waals surface area contributed by atoms with E-state index in [1.54, 1.807) is 0 Å². The van der Waals surface area contributed by atoms with Gasteiger partial charge in [0.2, 0.25) is 0 Å². The molecule has 15 heavy (non-hydrogen) atoms. The molecule has 0 bridgehead atoms. The topological polar surface area (TPSA) is 68.2 Å². The Labute approximate surface area is 91.3 Å². The number of nitrogens with zero attached hydrogens (tertiary/aromatic N) is 2. The average Bonchev–Trinajstić information content (AvgIpc) is 2.28. The van der Waals surface area contributed by atoms with Gasteiger partial charge in [-0.05, 0) is 31.6 Å². The van der Waals surface area contributed by atoms with Gasteiger partial charge in [0.05, 0.1) is 5.69 Å². The van der Waals surface area contributed by atoms with Crippen LogP contribution in [0, 0.1) is 0 Å². The van der Waals surface area contributed by atoms with Crippen LogP contribution in [0.3, 0.4) is 0 Å². The number of aromatic nitrogens is 1. The average molecular weight is 208 g/mol. The molecule has 0 unspecified atom stereocenters. The van der Waals surface area contributed by atoms with E-state index in [-0.39, 0.29) is 0 Å². The van der Waals surface area contributed by atoms with Crippen molar-refractivity contribution in [1.29, 1.82) is 0 Å². The highest BCUT2D eigenvalue weighted by Crippen LogP contribution is 2.00. The van der Waals surface area contributed by atoms with Crippen LogP contribution in [0.1, 0.15) is 12.1 Å². The van der Waals surface area contributed by atoms with Crippen LogP contribution in [0.25, 0.3) is 0 Å². The van der Waals surface area contributed by atoms with E-state index in [1.807, 2.05) is 24.4 Å². The van der Waals surface area contributed by atoms with Crippen molar-refractivity contribution in [3.8, 4) is 0 Å². The molecule has 1 heterocycles. The van der Waals surface area contributed by atoms with E-state index in [9.17, 15) is 0 Å². The molecule has 0 fully saturated rings. The summed E-state index contributed by atoms with van der Waals surface area (Å²) in [7, 11) is 0. The lowest BCUT2D eigenvalue weighted by molar-refractivity contribution is 0.268. The van der Waals surface area contributed by atoms with Gasteiger partial charge >= 0.3 is 0 Å². The first-order valence-corrected chi connectivity index (χ1v) is 5.39. The highest BCUT2D eigenvalue weighted by Gasteiger charge is 2.04. The van der Waals surface area contributed by atoms with Crippen molar-refractivity contribution < 1.29 is 0 Å². The molecule has 0 aliphatic carbocycles. The van der Waals surface area contributed by atoms with E-state index < -0.39 is 0 Å². The van der Waals surface area contributed by atoms with Crippen molar-refractivity contribution in [3.05, 3.63) is 30.1 Å². The van der Waals surface area contributed by atoms with Gasteiger partial charge < -0.3 is 11.5 Å². The minimum atomic E-state index is 0.678. The predicted molar refractivity (Wildman–Crippen MR) is 62.2 cm³/mol. The molecule has 0 radical (unpaired) electrons. The minimum Gasteiger partial charge on any atom is -0.330 e. The first kappa shape index (κ1) is 12.1. The Balaban J connectivity index is 2.43. The summed E-state index contributed by atoms with van der Waals surface area (Å²) < 4.78 is 0. The van der Waals surface area contributed by atoms with Gasteiger partial charge in [0.15, 0.2) is 0 Å². The van der Waals surface area contributed by atoms with E-state index in [2.05, 4.69) is 9.88 Å². The Bertz CT molecular complexity index is 250. The van der Waals surface area contributed by atoms with Crippen LogP contribution >= 0.6 is 0 Å². The van der Waals surface area contributed by atoms with Crippen molar-refractivity contribution in [2.24, 2.45) is 11.5 Å². The lowest BCUT2D eigenvalue weighted by Crippen LogP contribution is -2.31. The van der Waals surface area contributed by atoms with Gasteiger partial charge in [0, 0.05) is 25.8 Å². The van der Waals surface area contributed by atoms with Crippen LogP contribution in [0.2, 0.25) is 0 Å². The third-order valence-corrected chi connectivity index (χ3v) is 2.24. The van der Waals surface area contributed by atoms with Gasteiger partial charge in [-0.25, -0.2) is 0 Å². The van der Waals surface area contributed by atoms with Crippen LogP contribution in [0.4, 0.5) is 0 Å². The maximum Gasteiger partial charge on any atom is 0.0543 e. The first-order valence-electron chi connectivity index (χ1n) is 5.39. The molecule has 0 aliphatic rings. The Morgan fingerprint density at radius 1 is 1.13 bits per heavy atom. The number of pyridine rings is 1. The van der Waals surface area contributed by atoms with Crippen LogP contribution < -0.4 is 11.5 Å². The molecule has 0 amide bonds. The fourth-order valence-electron chi connectivity index (χ4n) is 1.49. The summed E-state index contributed by atoms with van der Waals surface area (Å²) in [5, 5.41) is 0. The molecule has 1 aromatic heterocycles. The summed E-state index contributed by atoms with van der Waals surface area (Å²) in [6.45, 7) is 4.15. The standard InChI is InChI=1S/C11H20N4/c12-5-3-8-15(9-6-13)10-11-4-1-2-7-14-11/h1-2,4,7H,3,5-6,8-10,12-13H2. The molecule has 0 aliphatic heterocycles. The van der Waals surface area contributed by atoms with Crippen molar-refractivity contribution in [2.45, 2.75) is 13.0 Å². The molecule has 1 rings (SSSR count). The quantitative estimate of drug-likeness (QED) is 0.671. The zero-order valence-corrected chi connectivity index (χ0v) is 9.10. The SMILES string of the molecule is NCCCN(CCN)Cc1ccccn1. The summed E-state index contributed by atoms with van der Waals surface area (Å²) >= 11 is 0. The smallest absolute Gasteiger partial charge is 0.0543 e. The molecule has 84 valence electrons. The zero-order chi connectivity index (χ0) is 10.9. The van der Waals surface area contributed by atoms with E-state index >= 15 is 0 Å². The Kier molecular flexibility index (Phi) is 5.92. The van der Waals surface area contributed by atoms with Crippen molar-refractivity contribution in [1.82, 2.24) is 9.88 Å².